The number of halogens is 1. The normalized spacial score (nSPS) is 21.4. The maximum atomic E-state index is 12.2. The Morgan fingerprint density at radius 1 is 1.41 bits per heavy atom. The van der Waals surface area contributed by atoms with Gasteiger partial charge in [0.15, 0.2) is 0 Å². The average molecular weight is 518 g/mol. The van der Waals surface area contributed by atoms with E-state index in [1.807, 2.05) is 22.6 Å². The van der Waals surface area contributed by atoms with Crippen LogP contribution >= 0.6 is 22.6 Å². The standard InChI is InChI=1S/C17H19IN4O7/c18-11-2-1-9(12(3-11)22(26)27)7-28-8-10-5-21(17(25)20-16(10)19)15-4-13(24)14(6-23)29-15/h1-3,5,13-15,23-24H,4,6-8H2,(H2,19,20,25)/t13-,14-,15-/m1/s1. The molecule has 0 radical (unpaired) electrons. The molecule has 0 amide bonds. The lowest BCUT2D eigenvalue weighted by molar-refractivity contribution is -0.386. The monoisotopic (exact) mass is 518 g/mol. The number of nitrogens with zero attached hydrogens (tertiary/aromatic N) is 3. The smallest absolute Gasteiger partial charge is 0.351 e. The number of nitro groups is 1. The van der Waals surface area contributed by atoms with Gasteiger partial charge in [0.05, 0.1) is 36.4 Å². The second-order valence-electron chi connectivity index (χ2n) is 6.48. The Morgan fingerprint density at radius 2 is 2.14 bits per heavy atom. The molecule has 3 atom stereocenters. The number of nitrogens with two attached hydrogens (primary N) is 1. The van der Waals surface area contributed by atoms with Gasteiger partial charge in [0.2, 0.25) is 0 Å². The molecular formula is C17H19IN4O7. The Morgan fingerprint density at radius 3 is 2.79 bits per heavy atom. The highest BCUT2D eigenvalue weighted by Crippen LogP contribution is 2.28. The summed E-state index contributed by atoms with van der Waals surface area (Å²) in [6.45, 7) is -0.447. The molecule has 156 valence electrons. The first kappa shape index (κ1) is 21.6. The molecule has 1 aromatic heterocycles. The maximum Gasteiger partial charge on any atom is 0.351 e. The number of aromatic nitrogens is 2. The molecule has 2 aromatic rings. The zero-order chi connectivity index (χ0) is 21.1. The van der Waals surface area contributed by atoms with E-state index in [2.05, 4.69) is 4.98 Å². The molecule has 4 N–H and O–H groups in total. The molecule has 1 aliphatic rings. The van der Waals surface area contributed by atoms with Crippen molar-refractivity contribution in [3.63, 3.8) is 0 Å². The first-order valence-corrected chi connectivity index (χ1v) is 9.70. The molecule has 0 aliphatic carbocycles. The molecular weight excluding hydrogens is 499 g/mol. The van der Waals surface area contributed by atoms with Crippen molar-refractivity contribution in [2.24, 2.45) is 0 Å². The van der Waals surface area contributed by atoms with Gasteiger partial charge < -0.3 is 25.4 Å². The minimum atomic E-state index is -0.907. The molecule has 1 aliphatic heterocycles. The molecule has 11 nitrogen and oxygen atoms in total. The molecule has 1 fully saturated rings. The van der Waals surface area contributed by atoms with Crippen LogP contribution in [0.2, 0.25) is 0 Å². The molecule has 3 rings (SSSR count). The van der Waals surface area contributed by atoms with Crippen LogP contribution in [0.15, 0.2) is 29.2 Å². The number of nitro benzene ring substituents is 1. The van der Waals surface area contributed by atoms with Crippen LogP contribution in [0.1, 0.15) is 23.8 Å². The maximum absolute atomic E-state index is 12.2. The van der Waals surface area contributed by atoms with Crippen molar-refractivity contribution < 1.29 is 24.6 Å². The van der Waals surface area contributed by atoms with E-state index in [4.69, 9.17) is 15.2 Å². The van der Waals surface area contributed by atoms with Crippen LogP contribution in [-0.2, 0) is 22.7 Å². The summed E-state index contributed by atoms with van der Waals surface area (Å²) in [5, 5.41) is 30.3. The number of hydrogen-bond donors (Lipinski definition) is 3. The molecule has 0 bridgehead atoms. The van der Waals surface area contributed by atoms with E-state index in [1.165, 1.54) is 16.8 Å². The van der Waals surface area contributed by atoms with E-state index in [0.717, 1.165) is 3.57 Å². The number of nitrogen functional groups attached to an aromatic ring is 1. The summed E-state index contributed by atoms with van der Waals surface area (Å²) in [4.78, 5) is 26.6. The fraction of sp³-hybridized carbons (Fsp3) is 0.412. The topological polar surface area (TPSA) is 163 Å². The number of rotatable bonds is 7. The summed E-state index contributed by atoms with van der Waals surface area (Å²) < 4.78 is 13.0. The third kappa shape index (κ3) is 4.90. The molecule has 1 saturated heterocycles. The third-order valence-corrected chi connectivity index (χ3v) is 5.19. The first-order chi connectivity index (χ1) is 13.8. The van der Waals surface area contributed by atoms with Gasteiger partial charge in [-0.15, -0.1) is 0 Å². The minimum absolute atomic E-state index is 0.0272. The lowest BCUT2D eigenvalue weighted by atomic mass is 10.2. The predicted octanol–water partition coefficient (Wildman–Crippen LogP) is 0.696. The number of aliphatic hydroxyl groups is 2. The number of anilines is 1. The van der Waals surface area contributed by atoms with E-state index in [0.29, 0.717) is 11.1 Å². The SMILES string of the molecule is Nc1nc(=O)n([C@H]2C[C@@H](O)[C@@H](CO)O2)cc1COCc1ccc(I)cc1[N+](=O)[O-]. The minimum Gasteiger partial charge on any atom is -0.394 e. The highest BCUT2D eigenvalue weighted by atomic mass is 127. The average Bonchev–Trinajstić information content (AvgIpc) is 3.04. The lowest BCUT2D eigenvalue weighted by Gasteiger charge is -2.16. The molecule has 2 heterocycles. The Labute approximate surface area is 178 Å². The summed E-state index contributed by atoms with van der Waals surface area (Å²) in [5.74, 6) is -0.0272. The van der Waals surface area contributed by atoms with Gasteiger partial charge in [-0.2, -0.15) is 4.98 Å². The van der Waals surface area contributed by atoms with Crippen molar-refractivity contribution in [2.45, 2.75) is 38.1 Å². The van der Waals surface area contributed by atoms with Gasteiger partial charge in [0, 0.05) is 27.8 Å². The summed E-state index contributed by atoms with van der Waals surface area (Å²) in [6.07, 6.45) is -0.948. The van der Waals surface area contributed by atoms with Gasteiger partial charge >= 0.3 is 5.69 Å². The van der Waals surface area contributed by atoms with Crippen molar-refractivity contribution in [1.82, 2.24) is 9.55 Å². The number of ether oxygens (including phenoxy) is 2. The van der Waals surface area contributed by atoms with E-state index >= 15 is 0 Å². The number of aliphatic hydroxyl groups excluding tert-OH is 2. The summed E-state index contributed by atoms with van der Waals surface area (Å²) >= 11 is 1.99. The fourth-order valence-corrected chi connectivity index (χ4v) is 3.46. The van der Waals surface area contributed by atoms with Crippen LogP contribution in [0, 0.1) is 13.7 Å². The fourth-order valence-electron chi connectivity index (χ4n) is 2.99. The highest BCUT2D eigenvalue weighted by molar-refractivity contribution is 14.1. The zero-order valence-electron chi connectivity index (χ0n) is 15.1. The van der Waals surface area contributed by atoms with Crippen LogP contribution in [0.3, 0.4) is 0 Å². The van der Waals surface area contributed by atoms with Gasteiger partial charge in [-0.25, -0.2) is 4.79 Å². The van der Waals surface area contributed by atoms with Crippen LogP contribution in [0.25, 0.3) is 0 Å². The van der Waals surface area contributed by atoms with E-state index in [-0.39, 0.29) is 37.7 Å². The van der Waals surface area contributed by atoms with Gasteiger partial charge in [-0.05, 0) is 34.7 Å². The lowest BCUT2D eigenvalue weighted by Crippen LogP contribution is -2.29. The van der Waals surface area contributed by atoms with E-state index in [1.54, 1.807) is 12.1 Å². The van der Waals surface area contributed by atoms with E-state index < -0.39 is 29.0 Å². The largest absolute Gasteiger partial charge is 0.394 e. The summed E-state index contributed by atoms with van der Waals surface area (Å²) in [7, 11) is 0. The van der Waals surface area contributed by atoms with Crippen LogP contribution < -0.4 is 11.4 Å². The predicted molar refractivity (Wildman–Crippen MR) is 109 cm³/mol. The van der Waals surface area contributed by atoms with Crippen LogP contribution in [0.5, 0.6) is 0 Å². The number of hydrogen-bond acceptors (Lipinski definition) is 9. The van der Waals surface area contributed by atoms with Crippen molar-refractivity contribution in [3.8, 4) is 0 Å². The molecule has 12 heteroatoms. The Kier molecular flexibility index (Phi) is 6.79. The summed E-state index contributed by atoms with van der Waals surface area (Å²) in [5.41, 5.74) is 5.90. The van der Waals surface area contributed by atoms with Crippen molar-refractivity contribution in [3.05, 3.63) is 59.7 Å². The van der Waals surface area contributed by atoms with Gasteiger partial charge in [0.25, 0.3) is 5.69 Å². The summed E-state index contributed by atoms with van der Waals surface area (Å²) in [6, 6.07) is 4.81. The first-order valence-electron chi connectivity index (χ1n) is 8.62. The molecule has 0 unspecified atom stereocenters. The quantitative estimate of drug-likeness (QED) is 0.272. The second kappa shape index (κ2) is 9.13. The number of benzene rings is 1. The Bertz CT molecular complexity index is 967. The third-order valence-electron chi connectivity index (χ3n) is 4.51. The zero-order valence-corrected chi connectivity index (χ0v) is 17.3. The second-order valence-corrected chi connectivity index (χ2v) is 7.72. The van der Waals surface area contributed by atoms with Crippen molar-refractivity contribution in [1.29, 1.82) is 0 Å². The van der Waals surface area contributed by atoms with Crippen LogP contribution in [0.4, 0.5) is 11.5 Å². The molecule has 1 aromatic carbocycles. The van der Waals surface area contributed by atoms with Crippen molar-refractivity contribution in [2.75, 3.05) is 12.3 Å². The molecule has 0 spiro atoms. The van der Waals surface area contributed by atoms with Crippen molar-refractivity contribution >= 4 is 34.1 Å². The Hall–Kier alpha value is -2.13. The van der Waals surface area contributed by atoms with Gasteiger partial charge in [-0.3, -0.25) is 14.7 Å². The van der Waals surface area contributed by atoms with E-state index in [9.17, 15) is 25.1 Å². The van der Waals surface area contributed by atoms with Gasteiger partial charge in [-0.1, -0.05) is 0 Å². The molecule has 29 heavy (non-hydrogen) atoms. The highest BCUT2D eigenvalue weighted by Gasteiger charge is 2.35. The Balaban J connectivity index is 1.74. The molecule has 0 saturated carbocycles. The van der Waals surface area contributed by atoms with Crippen LogP contribution in [-0.4, -0.2) is 43.5 Å². The van der Waals surface area contributed by atoms with Gasteiger partial charge in [0.1, 0.15) is 18.1 Å².